The van der Waals surface area contributed by atoms with Gasteiger partial charge in [0.2, 0.25) is 0 Å². The number of ether oxygens (including phenoxy) is 2. The normalized spacial score (nSPS) is 12.4. The van der Waals surface area contributed by atoms with Crippen LogP contribution in [0, 0.1) is 17.6 Å². The maximum Gasteiger partial charge on any atom is 0.165 e. The van der Waals surface area contributed by atoms with Crippen LogP contribution in [0.2, 0.25) is 0 Å². The van der Waals surface area contributed by atoms with Gasteiger partial charge in [0.15, 0.2) is 11.6 Å². The molecule has 0 fully saturated rings. The van der Waals surface area contributed by atoms with Crippen molar-refractivity contribution in [1.29, 1.82) is 0 Å². The average molecular weight is 772 g/mol. The number of methoxy groups -OCH3 is 1. The third-order valence-electron chi connectivity index (χ3n) is 6.54. The monoisotopic (exact) mass is 772 g/mol. The van der Waals surface area contributed by atoms with Crippen LogP contribution < -0.4 is 14.2 Å². The summed E-state index contributed by atoms with van der Waals surface area (Å²) in [4.78, 5) is 0.892. The van der Waals surface area contributed by atoms with Gasteiger partial charge in [0, 0.05) is 22.3 Å². The number of benzene rings is 2. The molecule has 306 valence electrons. The van der Waals surface area contributed by atoms with Gasteiger partial charge in [0.1, 0.15) is 11.6 Å². The van der Waals surface area contributed by atoms with E-state index in [-0.39, 0.29) is 19.0 Å². The number of hydrogen-bond acceptors (Lipinski definition) is 5. The molecule has 0 aliphatic carbocycles. The molecule has 0 saturated carbocycles. The molecule has 52 heavy (non-hydrogen) atoms. The Balaban J connectivity index is -0.000000141. The molecule has 2 atom stereocenters. The molecule has 1 aliphatic rings. The number of hydrogen-bond donors (Lipinski definition) is 2. The van der Waals surface area contributed by atoms with Crippen molar-refractivity contribution in [3.8, 4) is 11.5 Å². The summed E-state index contributed by atoms with van der Waals surface area (Å²) in [5, 5.41) is 0.670. The van der Waals surface area contributed by atoms with Crippen LogP contribution in [-0.4, -0.2) is 19.0 Å². The minimum absolute atomic E-state index is 0. The molecular formula is C45H83F2NO2S2. The number of allylic oxidation sites excluding steroid dienone is 4. The van der Waals surface area contributed by atoms with Crippen LogP contribution in [0.3, 0.4) is 0 Å². The van der Waals surface area contributed by atoms with Gasteiger partial charge >= 0.3 is 0 Å². The fraction of sp³-hybridized carbons (Fsp3) is 0.600. The molecule has 0 bridgehead atoms. The standard InChI is InChI=1S/C15H20F2O.C12H19NOS.C7H10S.5C2H6.CH4/c1-2-3-4-5-6-11-9-12-13(16)7-8-14(17)15(12)18-10-11;1-4-10(2)15-13-9-11-5-7-12(14-3)8-6-11;1-3-5-6-7(8)4-2;5*1-2;/h7-8,11H,2-6,9-10H2,1H3;5-8,10,13H,4,9H2,1-3H3;3-6,8H,2H2,1H3;5*1-2H3;1H4/b;;5-3-,7-6+;;;;;;/t;10-;;;;;;;/m.0......./s1. The lowest BCUT2D eigenvalue weighted by atomic mass is 9.91. The van der Waals surface area contributed by atoms with Crippen molar-refractivity contribution < 1.29 is 18.3 Å². The molecule has 0 aromatic heterocycles. The van der Waals surface area contributed by atoms with Gasteiger partial charge in [-0.1, -0.05) is 172 Å². The Morgan fingerprint density at radius 1 is 0.942 bits per heavy atom. The van der Waals surface area contributed by atoms with Crippen molar-refractivity contribution in [3.05, 3.63) is 94.9 Å². The molecule has 3 rings (SSSR count). The van der Waals surface area contributed by atoms with Gasteiger partial charge in [-0.3, -0.25) is 4.72 Å². The van der Waals surface area contributed by atoms with Crippen LogP contribution in [0.15, 0.2) is 72.2 Å². The van der Waals surface area contributed by atoms with Crippen LogP contribution in [0.1, 0.15) is 154 Å². The van der Waals surface area contributed by atoms with E-state index in [2.05, 4.69) is 56.8 Å². The molecule has 0 amide bonds. The summed E-state index contributed by atoms with van der Waals surface area (Å²) in [5.74, 6) is 0.569. The highest BCUT2D eigenvalue weighted by atomic mass is 32.2. The average Bonchev–Trinajstić information content (AvgIpc) is 3.21. The topological polar surface area (TPSA) is 30.5 Å². The van der Waals surface area contributed by atoms with E-state index in [4.69, 9.17) is 9.47 Å². The van der Waals surface area contributed by atoms with Crippen molar-refractivity contribution in [3.63, 3.8) is 0 Å². The summed E-state index contributed by atoms with van der Waals surface area (Å²) in [5.41, 5.74) is 1.70. The predicted octanol–water partition coefficient (Wildman–Crippen LogP) is 16.0. The van der Waals surface area contributed by atoms with Gasteiger partial charge in [0.05, 0.1) is 13.7 Å². The third kappa shape index (κ3) is 33.6. The molecule has 1 heterocycles. The van der Waals surface area contributed by atoms with E-state index >= 15 is 0 Å². The molecule has 7 heteroatoms. The molecule has 3 nitrogen and oxygen atoms in total. The minimum Gasteiger partial charge on any atom is -0.497 e. The first kappa shape index (κ1) is 61.8. The Morgan fingerprint density at radius 3 is 1.98 bits per heavy atom. The number of thiol groups is 1. The Hall–Kier alpha value is -2.22. The molecule has 0 radical (unpaired) electrons. The Kier molecular flexibility index (Phi) is 58.0. The van der Waals surface area contributed by atoms with Gasteiger partial charge in [-0.05, 0) is 68.0 Å². The second-order valence-electron chi connectivity index (χ2n) is 9.89. The summed E-state index contributed by atoms with van der Waals surface area (Å²) in [6.45, 7) is 33.5. The van der Waals surface area contributed by atoms with E-state index in [0.29, 0.717) is 29.8 Å². The zero-order valence-corrected chi connectivity index (χ0v) is 37.1. The van der Waals surface area contributed by atoms with Crippen LogP contribution in [0.25, 0.3) is 0 Å². The number of nitrogens with one attached hydrogen (secondary N) is 1. The molecule has 0 spiro atoms. The summed E-state index contributed by atoms with van der Waals surface area (Å²) in [7, 11) is 1.69. The lowest BCUT2D eigenvalue weighted by Crippen LogP contribution is -2.22. The maximum absolute atomic E-state index is 13.6. The summed E-state index contributed by atoms with van der Waals surface area (Å²) >= 11 is 5.86. The second-order valence-corrected chi connectivity index (χ2v) is 11.7. The molecule has 0 saturated heterocycles. The third-order valence-corrected chi connectivity index (χ3v) is 7.92. The van der Waals surface area contributed by atoms with Crippen molar-refractivity contribution >= 4 is 24.6 Å². The first-order chi connectivity index (χ1) is 24.8. The van der Waals surface area contributed by atoms with E-state index in [9.17, 15) is 8.78 Å². The number of halogens is 2. The maximum atomic E-state index is 13.6. The molecule has 2 aromatic carbocycles. The first-order valence-electron chi connectivity index (χ1n) is 19.5. The second kappa shape index (κ2) is 48.8. The fourth-order valence-corrected chi connectivity index (χ4v) is 4.66. The summed E-state index contributed by atoms with van der Waals surface area (Å²) in [6.07, 6.45) is 15.1. The zero-order valence-electron chi connectivity index (χ0n) is 35.4. The molecule has 1 N–H and O–H groups in total. The van der Waals surface area contributed by atoms with Gasteiger partial charge in [-0.15, -0.1) is 12.6 Å². The van der Waals surface area contributed by atoms with Crippen LogP contribution >= 0.6 is 24.6 Å². The van der Waals surface area contributed by atoms with Gasteiger partial charge in [-0.25, -0.2) is 8.78 Å². The summed E-state index contributed by atoms with van der Waals surface area (Å²) < 4.78 is 40.9. The SMILES string of the molecule is C.C=C/C(S)=C\C=C/C.CC.CC.CC.CC.CC.CCCCCCC1COc2c(F)ccc(F)c2C1.CC[C@H](C)SNCc1ccc(OC)cc1. The predicted molar refractivity (Wildman–Crippen MR) is 241 cm³/mol. The highest BCUT2D eigenvalue weighted by Crippen LogP contribution is 2.33. The lowest BCUT2D eigenvalue weighted by Gasteiger charge is -2.25. The fourth-order valence-electron chi connectivity index (χ4n) is 3.87. The smallest absolute Gasteiger partial charge is 0.165 e. The Labute approximate surface area is 333 Å². The van der Waals surface area contributed by atoms with Crippen molar-refractivity contribution in [2.75, 3.05) is 13.7 Å². The van der Waals surface area contributed by atoms with Gasteiger partial charge in [0.25, 0.3) is 0 Å². The van der Waals surface area contributed by atoms with Gasteiger partial charge < -0.3 is 9.47 Å². The lowest BCUT2D eigenvalue weighted by molar-refractivity contribution is 0.198. The highest BCUT2D eigenvalue weighted by molar-refractivity contribution is 7.97. The van der Waals surface area contributed by atoms with Crippen molar-refractivity contribution in [2.45, 2.75) is 161 Å². The van der Waals surface area contributed by atoms with Crippen LogP contribution in [0.5, 0.6) is 11.5 Å². The molecule has 1 unspecified atom stereocenters. The Bertz CT molecular complexity index is 1060. The van der Waals surface area contributed by atoms with E-state index in [1.54, 1.807) is 25.1 Å². The van der Waals surface area contributed by atoms with Crippen molar-refractivity contribution in [2.24, 2.45) is 5.92 Å². The molecule has 1 aliphatic heterocycles. The molecule has 2 aromatic rings. The number of fused-ring (bicyclic) bond motifs is 1. The van der Waals surface area contributed by atoms with E-state index in [1.165, 1.54) is 37.3 Å². The van der Waals surface area contributed by atoms with E-state index < -0.39 is 5.82 Å². The number of unbranched alkanes of at least 4 members (excludes halogenated alkanes) is 3. The summed E-state index contributed by atoms with van der Waals surface area (Å²) in [6, 6.07) is 10.5. The zero-order chi connectivity index (χ0) is 40.5. The number of rotatable bonds is 13. The van der Waals surface area contributed by atoms with Crippen LogP contribution in [0.4, 0.5) is 8.78 Å². The van der Waals surface area contributed by atoms with E-state index in [0.717, 1.165) is 36.1 Å². The Morgan fingerprint density at radius 2 is 1.50 bits per heavy atom. The first-order valence-corrected chi connectivity index (χ1v) is 20.9. The van der Waals surface area contributed by atoms with Gasteiger partial charge in [-0.2, -0.15) is 0 Å². The largest absolute Gasteiger partial charge is 0.497 e. The highest BCUT2D eigenvalue weighted by Gasteiger charge is 2.25. The quantitative estimate of drug-likeness (QED) is 0.0919. The van der Waals surface area contributed by atoms with Crippen LogP contribution in [-0.2, 0) is 13.0 Å². The molecular weight excluding hydrogens is 689 g/mol. The van der Waals surface area contributed by atoms with Crippen molar-refractivity contribution in [1.82, 2.24) is 4.72 Å². The van der Waals surface area contributed by atoms with E-state index in [1.807, 2.05) is 107 Å². The minimum atomic E-state index is -0.448.